The van der Waals surface area contributed by atoms with Crippen molar-refractivity contribution in [1.29, 1.82) is 0 Å². The second-order valence-electron chi connectivity index (χ2n) is 6.80. The highest BCUT2D eigenvalue weighted by Crippen LogP contribution is 2.31. The smallest absolute Gasteiger partial charge is 0.191 e. The highest BCUT2D eigenvalue weighted by Gasteiger charge is 2.34. The van der Waals surface area contributed by atoms with Gasteiger partial charge < -0.3 is 15.7 Å². The summed E-state index contributed by atoms with van der Waals surface area (Å²) in [6, 6.07) is 0.241. The van der Waals surface area contributed by atoms with Crippen LogP contribution < -0.4 is 10.6 Å². The minimum Gasteiger partial charge on any atom is -0.388 e. The lowest BCUT2D eigenvalue weighted by molar-refractivity contribution is -0.0236. The molecule has 2 rings (SSSR count). The van der Waals surface area contributed by atoms with Gasteiger partial charge in [0.2, 0.25) is 0 Å². The van der Waals surface area contributed by atoms with Gasteiger partial charge in [0, 0.05) is 25.3 Å². The molecule has 1 aromatic rings. The van der Waals surface area contributed by atoms with E-state index in [0.29, 0.717) is 6.54 Å². The molecular weight excluding hydrogens is 417 g/mol. The van der Waals surface area contributed by atoms with Crippen LogP contribution in [0.1, 0.15) is 50.1 Å². The molecule has 138 valence electrons. The van der Waals surface area contributed by atoms with Crippen LogP contribution in [0, 0.1) is 13.8 Å². The summed E-state index contributed by atoms with van der Waals surface area (Å²) in [5.74, 6) is 0.777. The molecule has 0 spiro atoms. The molecule has 0 radical (unpaired) electrons. The van der Waals surface area contributed by atoms with E-state index in [4.69, 9.17) is 0 Å². The average Bonchev–Trinajstić information content (AvgIpc) is 2.69. The highest BCUT2D eigenvalue weighted by atomic mass is 127. The highest BCUT2D eigenvalue weighted by molar-refractivity contribution is 14.0. The third-order valence-corrected chi connectivity index (χ3v) is 4.71. The van der Waals surface area contributed by atoms with Gasteiger partial charge in [-0.2, -0.15) is 5.10 Å². The third-order valence-electron chi connectivity index (χ3n) is 4.71. The van der Waals surface area contributed by atoms with Gasteiger partial charge >= 0.3 is 0 Å². The topological polar surface area (TPSA) is 74.5 Å². The molecule has 3 N–H and O–H groups in total. The van der Waals surface area contributed by atoms with Gasteiger partial charge in [-0.25, -0.2) is 0 Å². The minimum absolute atomic E-state index is 0. The Balaban J connectivity index is 0.00000288. The van der Waals surface area contributed by atoms with E-state index in [9.17, 15) is 5.11 Å². The number of nitrogens with one attached hydrogen (secondary N) is 2. The Labute approximate surface area is 162 Å². The molecule has 24 heavy (non-hydrogen) atoms. The number of aryl methyl sites for hydroxylation is 2. The zero-order chi connectivity index (χ0) is 17.0. The Morgan fingerprint density at radius 3 is 2.54 bits per heavy atom. The number of aliphatic hydroxyl groups is 1. The number of aliphatic imine (C=N–C) groups is 1. The molecule has 1 fully saturated rings. The molecule has 1 heterocycles. The molecule has 1 unspecified atom stereocenters. The molecule has 7 heteroatoms. The van der Waals surface area contributed by atoms with E-state index in [1.807, 2.05) is 11.7 Å². The Kier molecular flexibility index (Phi) is 7.98. The number of nitrogens with zero attached hydrogens (tertiary/aromatic N) is 3. The number of rotatable bonds is 6. The fourth-order valence-corrected chi connectivity index (χ4v) is 2.99. The zero-order valence-corrected chi connectivity index (χ0v) is 17.8. The monoisotopic (exact) mass is 449 g/mol. The van der Waals surface area contributed by atoms with Crippen LogP contribution in [0.25, 0.3) is 0 Å². The number of halogens is 1. The Morgan fingerprint density at radius 1 is 1.42 bits per heavy atom. The molecule has 0 amide bonds. The predicted molar refractivity (Wildman–Crippen MR) is 109 cm³/mol. The van der Waals surface area contributed by atoms with Crippen molar-refractivity contribution in [2.75, 3.05) is 13.1 Å². The van der Waals surface area contributed by atoms with Crippen LogP contribution in [0.15, 0.2) is 4.99 Å². The first kappa shape index (κ1) is 21.2. The molecule has 0 bridgehead atoms. The van der Waals surface area contributed by atoms with Crippen molar-refractivity contribution in [3.05, 3.63) is 17.0 Å². The second-order valence-corrected chi connectivity index (χ2v) is 6.80. The molecular formula is C17H32IN5O. The van der Waals surface area contributed by atoms with Crippen LogP contribution in [0.4, 0.5) is 0 Å². The summed E-state index contributed by atoms with van der Waals surface area (Å²) in [7, 11) is 1.98. The Hall–Kier alpha value is -0.830. The van der Waals surface area contributed by atoms with Crippen molar-refractivity contribution in [2.24, 2.45) is 12.0 Å². The first-order valence-corrected chi connectivity index (χ1v) is 8.61. The lowest BCUT2D eigenvalue weighted by Gasteiger charge is -2.35. The number of hydrogen-bond acceptors (Lipinski definition) is 3. The normalized spacial score (nSPS) is 17.7. The summed E-state index contributed by atoms with van der Waals surface area (Å²) in [5.41, 5.74) is 3.01. The lowest BCUT2D eigenvalue weighted by Crippen LogP contribution is -2.46. The van der Waals surface area contributed by atoms with Crippen LogP contribution >= 0.6 is 24.0 Å². The molecule has 1 aromatic heterocycles. The van der Waals surface area contributed by atoms with Crippen molar-refractivity contribution in [2.45, 2.75) is 65.0 Å². The molecule has 0 aliphatic heterocycles. The molecule has 1 saturated carbocycles. The first-order chi connectivity index (χ1) is 10.8. The maximum Gasteiger partial charge on any atom is 0.191 e. The van der Waals surface area contributed by atoms with Crippen molar-refractivity contribution in [3.8, 4) is 0 Å². The van der Waals surface area contributed by atoms with E-state index in [-0.39, 0.29) is 30.0 Å². The lowest BCUT2D eigenvalue weighted by atomic mass is 9.80. The Morgan fingerprint density at radius 2 is 2.08 bits per heavy atom. The quantitative estimate of drug-likeness (QED) is 0.353. The van der Waals surface area contributed by atoms with Crippen LogP contribution in [0.3, 0.4) is 0 Å². The summed E-state index contributed by atoms with van der Waals surface area (Å²) in [6.45, 7) is 9.64. The van der Waals surface area contributed by atoms with Crippen LogP contribution in [0.2, 0.25) is 0 Å². The average molecular weight is 449 g/mol. The van der Waals surface area contributed by atoms with E-state index in [1.165, 1.54) is 11.3 Å². The zero-order valence-electron chi connectivity index (χ0n) is 15.5. The maximum atomic E-state index is 10.2. The van der Waals surface area contributed by atoms with Gasteiger partial charge in [0.1, 0.15) is 0 Å². The van der Waals surface area contributed by atoms with Crippen molar-refractivity contribution in [1.82, 2.24) is 20.4 Å². The molecule has 0 aromatic carbocycles. The van der Waals surface area contributed by atoms with Gasteiger partial charge in [0.25, 0.3) is 0 Å². The molecule has 0 saturated heterocycles. The van der Waals surface area contributed by atoms with Gasteiger partial charge in [-0.1, -0.05) is 0 Å². The van der Waals surface area contributed by atoms with Crippen molar-refractivity contribution >= 4 is 29.9 Å². The first-order valence-electron chi connectivity index (χ1n) is 8.61. The fourth-order valence-electron chi connectivity index (χ4n) is 2.99. The second kappa shape index (κ2) is 9.03. The predicted octanol–water partition coefficient (Wildman–Crippen LogP) is 2.06. The standard InChI is InChI=1S/C17H31N5O.HI/c1-6-18-16(19-11-17(23)8-7-9-17)20-12(2)10-15-13(3)21-22(5)14(15)4;/h12,23H,6-11H2,1-5H3,(H2,18,19,20);1H. The van der Waals surface area contributed by atoms with E-state index in [2.05, 4.69) is 48.4 Å². The largest absolute Gasteiger partial charge is 0.388 e. The van der Waals surface area contributed by atoms with E-state index < -0.39 is 5.60 Å². The number of guanidine groups is 1. The summed E-state index contributed by atoms with van der Waals surface area (Å²) in [5, 5.41) is 21.4. The van der Waals surface area contributed by atoms with Gasteiger partial charge in [0.05, 0.1) is 17.8 Å². The summed E-state index contributed by atoms with van der Waals surface area (Å²) < 4.78 is 1.93. The molecule has 1 aliphatic carbocycles. The van der Waals surface area contributed by atoms with Gasteiger partial charge in [0.15, 0.2) is 5.96 Å². The number of hydrogen-bond donors (Lipinski definition) is 3. The van der Waals surface area contributed by atoms with E-state index in [1.54, 1.807) is 0 Å². The van der Waals surface area contributed by atoms with Gasteiger partial charge in [-0.05, 0) is 58.9 Å². The van der Waals surface area contributed by atoms with Crippen molar-refractivity contribution in [3.63, 3.8) is 0 Å². The van der Waals surface area contributed by atoms with Crippen LogP contribution in [0.5, 0.6) is 0 Å². The Bertz CT molecular complexity index is 566. The van der Waals surface area contributed by atoms with E-state index >= 15 is 0 Å². The summed E-state index contributed by atoms with van der Waals surface area (Å²) in [4.78, 5) is 4.56. The van der Waals surface area contributed by atoms with Crippen molar-refractivity contribution < 1.29 is 5.11 Å². The fraction of sp³-hybridized carbons (Fsp3) is 0.765. The van der Waals surface area contributed by atoms with Gasteiger partial charge in [-0.3, -0.25) is 9.67 Å². The third kappa shape index (κ3) is 5.34. The maximum absolute atomic E-state index is 10.2. The molecule has 1 aliphatic rings. The molecule has 1 atom stereocenters. The van der Waals surface area contributed by atoms with Crippen LogP contribution in [-0.4, -0.2) is 45.6 Å². The van der Waals surface area contributed by atoms with E-state index in [0.717, 1.165) is 43.9 Å². The SMILES string of the molecule is CCNC(=NCC1(O)CCC1)NC(C)Cc1c(C)nn(C)c1C.I. The summed E-state index contributed by atoms with van der Waals surface area (Å²) in [6.07, 6.45) is 3.73. The summed E-state index contributed by atoms with van der Waals surface area (Å²) >= 11 is 0. The van der Waals surface area contributed by atoms with Crippen LogP contribution in [-0.2, 0) is 13.5 Å². The minimum atomic E-state index is -0.581. The number of aromatic nitrogens is 2. The molecule has 6 nitrogen and oxygen atoms in total. The van der Waals surface area contributed by atoms with Gasteiger partial charge in [-0.15, -0.1) is 24.0 Å².